The quantitative estimate of drug-likeness (QED) is 0.703. The molecule has 14 heavy (non-hydrogen) atoms. The second kappa shape index (κ2) is 11.0. The van der Waals surface area contributed by atoms with Gasteiger partial charge in [-0.3, -0.25) is 4.90 Å². The summed E-state index contributed by atoms with van der Waals surface area (Å²) in [5.41, 5.74) is 0. The number of likely N-dealkylation sites (N-methyl/N-ethyl adjacent to an activating group) is 1. The highest BCUT2D eigenvalue weighted by molar-refractivity contribution is 4.81. The van der Waals surface area contributed by atoms with Gasteiger partial charge in [-0.2, -0.15) is 0 Å². The first-order valence-electron chi connectivity index (χ1n) is 6.22. The van der Waals surface area contributed by atoms with Crippen molar-refractivity contribution in [1.82, 2.24) is 10.2 Å². The van der Waals surface area contributed by atoms with Gasteiger partial charge in [-0.15, -0.1) is 0 Å². The van der Waals surface area contributed by atoms with E-state index in [0.29, 0.717) is 12.1 Å². The molecule has 1 heterocycles. The summed E-state index contributed by atoms with van der Waals surface area (Å²) < 4.78 is 0. The lowest BCUT2D eigenvalue weighted by Gasteiger charge is -2.38. The van der Waals surface area contributed by atoms with Crippen LogP contribution >= 0.6 is 0 Å². The van der Waals surface area contributed by atoms with Crippen LogP contribution in [0.5, 0.6) is 0 Å². The molecule has 0 aromatic carbocycles. The highest BCUT2D eigenvalue weighted by atomic mass is 15.2. The minimum atomic E-state index is 0.716. The Kier molecular flexibility index (Phi) is 12.8. The topological polar surface area (TPSA) is 15.3 Å². The SMILES string of the molecule is CC.CC.CCN1C(C)CNCC1C. The molecule has 0 spiro atoms. The van der Waals surface area contributed by atoms with E-state index >= 15 is 0 Å². The van der Waals surface area contributed by atoms with E-state index in [4.69, 9.17) is 0 Å². The van der Waals surface area contributed by atoms with Crippen LogP contribution in [0.15, 0.2) is 0 Å². The summed E-state index contributed by atoms with van der Waals surface area (Å²) in [6.07, 6.45) is 0. The Balaban J connectivity index is 0. The highest BCUT2D eigenvalue weighted by Crippen LogP contribution is 2.07. The maximum atomic E-state index is 3.41. The zero-order valence-electron chi connectivity index (χ0n) is 11.2. The van der Waals surface area contributed by atoms with Gasteiger partial charge in [0.15, 0.2) is 0 Å². The molecule has 1 aliphatic heterocycles. The van der Waals surface area contributed by atoms with Crippen LogP contribution in [0, 0.1) is 0 Å². The molecule has 2 unspecified atom stereocenters. The zero-order valence-corrected chi connectivity index (χ0v) is 11.2. The van der Waals surface area contributed by atoms with E-state index in [1.807, 2.05) is 27.7 Å². The molecular formula is C12H30N2. The fraction of sp³-hybridized carbons (Fsp3) is 1.00. The summed E-state index contributed by atoms with van der Waals surface area (Å²) >= 11 is 0. The summed E-state index contributed by atoms with van der Waals surface area (Å²) in [6.45, 7) is 18.3. The Morgan fingerprint density at radius 3 is 1.57 bits per heavy atom. The van der Waals surface area contributed by atoms with Crippen molar-refractivity contribution in [1.29, 1.82) is 0 Å². The van der Waals surface area contributed by atoms with E-state index < -0.39 is 0 Å². The van der Waals surface area contributed by atoms with E-state index in [2.05, 4.69) is 31.0 Å². The number of nitrogens with one attached hydrogen (secondary N) is 1. The smallest absolute Gasteiger partial charge is 0.0195 e. The van der Waals surface area contributed by atoms with Crippen LogP contribution in [0.3, 0.4) is 0 Å². The van der Waals surface area contributed by atoms with Gasteiger partial charge in [0.05, 0.1) is 0 Å². The third kappa shape index (κ3) is 5.61. The van der Waals surface area contributed by atoms with Crippen LogP contribution in [0.4, 0.5) is 0 Å². The van der Waals surface area contributed by atoms with Crippen LogP contribution < -0.4 is 5.32 Å². The Morgan fingerprint density at radius 1 is 1.00 bits per heavy atom. The maximum Gasteiger partial charge on any atom is 0.0195 e. The van der Waals surface area contributed by atoms with E-state index in [1.165, 1.54) is 6.54 Å². The Bertz CT molecular complexity index is 94.5. The predicted octanol–water partition coefficient (Wildman–Crippen LogP) is 2.74. The van der Waals surface area contributed by atoms with Crippen LogP contribution in [0.25, 0.3) is 0 Å². The first kappa shape index (κ1) is 16.4. The molecule has 2 heteroatoms. The first-order valence-corrected chi connectivity index (χ1v) is 6.22. The normalized spacial score (nSPS) is 26.8. The Hall–Kier alpha value is -0.0800. The van der Waals surface area contributed by atoms with Gasteiger partial charge in [0.2, 0.25) is 0 Å². The van der Waals surface area contributed by atoms with Gasteiger partial charge in [0.1, 0.15) is 0 Å². The largest absolute Gasteiger partial charge is 0.314 e. The monoisotopic (exact) mass is 202 g/mol. The molecular weight excluding hydrogens is 172 g/mol. The van der Waals surface area contributed by atoms with Gasteiger partial charge in [0.25, 0.3) is 0 Å². The van der Waals surface area contributed by atoms with Gasteiger partial charge >= 0.3 is 0 Å². The third-order valence-corrected chi connectivity index (χ3v) is 2.38. The van der Waals surface area contributed by atoms with Crippen molar-refractivity contribution in [2.45, 2.75) is 60.5 Å². The molecule has 0 aromatic heterocycles. The highest BCUT2D eigenvalue weighted by Gasteiger charge is 2.21. The molecule has 88 valence electrons. The number of piperazine rings is 1. The summed E-state index contributed by atoms with van der Waals surface area (Å²) in [4.78, 5) is 2.54. The number of hydrogen-bond acceptors (Lipinski definition) is 2. The van der Waals surface area contributed by atoms with Gasteiger partial charge < -0.3 is 5.32 Å². The lowest BCUT2D eigenvalue weighted by Crippen LogP contribution is -2.54. The van der Waals surface area contributed by atoms with E-state index in [-0.39, 0.29) is 0 Å². The van der Waals surface area contributed by atoms with E-state index in [9.17, 15) is 0 Å². The lowest BCUT2D eigenvalue weighted by molar-refractivity contribution is 0.124. The minimum absolute atomic E-state index is 0.716. The van der Waals surface area contributed by atoms with E-state index in [1.54, 1.807) is 0 Å². The summed E-state index contributed by atoms with van der Waals surface area (Å²) in [5.74, 6) is 0. The second-order valence-electron chi connectivity index (χ2n) is 3.19. The van der Waals surface area contributed by atoms with Crippen molar-refractivity contribution < 1.29 is 0 Å². The molecule has 0 saturated carbocycles. The Morgan fingerprint density at radius 2 is 1.36 bits per heavy atom. The van der Waals surface area contributed by atoms with Gasteiger partial charge in [0, 0.05) is 25.2 Å². The van der Waals surface area contributed by atoms with Crippen molar-refractivity contribution in [3.63, 3.8) is 0 Å². The molecule has 0 aliphatic carbocycles. The summed E-state index contributed by atoms with van der Waals surface area (Å²) in [6, 6.07) is 1.43. The van der Waals surface area contributed by atoms with Crippen molar-refractivity contribution in [3.05, 3.63) is 0 Å². The van der Waals surface area contributed by atoms with Gasteiger partial charge in [-0.1, -0.05) is 34.6 Å². The number of rotatable bonds is 1. The average Bonchev–Trinajstić information content (AvgIpc) is 2.24. The maximum absolute atomic E-state index is 3.41. The average molecular weight is 202 g/mol. The molecule has 1 aliphatic rings. The van der Waals surface area contributed by atoms with E-state index in [0.717, 1.165) is 13.1 Å². The molecule has 0 radical (unpaired) electrons. The zero-order chi connectivity index (χ0) is 11.6. The van der Waals surface area contributed by atoms with Crippen molar-refractivity contribution in [3.8, 4) is 0 Å². The lowest BCUT2D eigenvalue weighted by atomic mass is 10.1. The van der Waals surface area contributed by atoms with Gasteiger partial charge in [-0.25, -0.2) is 0 Å². The van der Waals surface area contributed by atoms with Crippen LogP contribution in [0.2, 0.25) is 0 Å². The molecule has 2 nitrogen and oxygen atoms in total. The number of nitrogens with zero attached hydrogens (tertiary/aromatic N) is 1. The molecule has 1 rings (SSSR count). The molecule has 0 amide bonds. The number of hydrogen-bond donors (Lipinski definition) is 1. The standard InChI is InChI=1S/C8H18N2.2C2H6/c1-4-10-7(2)5-9-6-8(10)3;2*1-2/h7-9H,4-6H2,1-3H3;2*1-2H3. The molecule has 0 aromatic rings. The summed E-state index contributed by atoms with van der Waals surface area (Å²) in [7, 11) is 0. The molecule has 1 saturated heterocycles. The van der Waals surface area contributed by atoms with Crippen molar-refractivity contribution >= 4 is 0 Å². The molecule has 2 atom stereocenters. The van der Waals surface area contributed by atoms with Crippen molar-refractivity contribution in [2.24, 2.45) is 0 Å². The van der Waals surface area contributed by atoms with Crippen LogP contribution in [0.1, 0.15) is 48.5 Å². The Labute approximate surface area is 91.1 Å². The molecule has 0 bridgehead atoms. The predicted molar refractivity (Wildman–Crippen MR) is 66.9 cm³/mol. The molecule has 1 N–H and O–H groups in total. The third-order valence-electron chi connectivity index (χ3n) is 2.38. The van der Waals surface area contributed by atoms with Crippen LogP contribution in [-0.2, 0) is 0 Å². The first-order chi connectivity index (χ1) is 6.75. The minimum Gasteiger partial charge on any atom is -0.314 e. The second-order valence-corrected chi connectivity index (χ2v) is 3.19. The van der Waals surface area contributed by atoms with Crippen molar-refractivity contribution in [2.75, 3.05) is 19.6 Å². The van der Waals surface area contributed by atoms with Gasteiger partial charge in [-0.05, 0) is 20.4 Å². The van der Waals surface area contributed by atoms with Crippen LogP contribution in [-0.4, -0.2) is 36.6 Å². The molecule has 1 fully saturated rings. The fourth-order valence-electron chi connectivity index (χ4n) is 1.79. The fourth-order valence-corrected chi connectivity index (χ4v) is 1.79. The summed E-state index contributed by atoms with van der Waals surface area (Å²) in [5, 5.41) is 3.41.